The quantitative estimate of drug-likeness (QED) is 0.865. The maximum absolute atomic E-state index is 12.0. The summed E-state index contributed by atoms with van der Waals surface area (Å²) in [7, 11) is 1.59. The van der Waals surface area contributed by atoms with Crippen LogP contribution in [0.15, 0.2) is 23.4 Å². The third-order valence-corrected chi connectivity index (χ3v) is 3.93. The van der Waals surface area contributed by atoms with Crippen molar-refractivity contribution in [3.8, 4) is 0 Å². The van der Waals surface area contributed by atoms with E-state index in [0.717, 1.165) is 5.69 Å². The maximum Gasteiger partial charge on any atom is 0.270 e. The number of rotatable bonds is 4. The molecule has 2 N–H and O–H groups in total. The molecular formula is C14H17N5O2. The Bertz CT molecular complexity index is 714. The van der Waals surface area contributed by atoms with E-state index >= 15 is 0 Å². The number of aromatic nitrogens is 4. The second kappa shape index (κ2) is 5.51. The summed E-state index contributed by atoms with van der Waals surface area (Å²) in [6.07, 6.45) is 6.78. The molecule has 110 valence electrons. The van der Waals surface area contributed by atoms with Crippen LogP contribution in [0.2, 0.25) is 0 Å². The highest BCUT2D eigenvalue weighted by Crippen LogP contribution is 2.37. The molecule has 1 amide bonds. The Hall–Kier alpha value is -2.44. The number of hydrogen-bond acceptors (Lipinski definition) is 4. The molecule has 0 aromatic carbocycles. The molecule has 7 nitrogen and oxygen atoms in total. The van der Waals surface area contributed by atoms with Gasteiger partial charge in [0.25, 0.3) is 11.5 Å². The van der Waals surface area contributed by atoms with E-state index in [-0.39, 0.29) is 17.2 Å². The van der Waals surface area contributed by atoms with Gasteiger partial charge in [0.1, 0.15) is 5.69 Å². The highest BCUT2D eigenvalue weighted by Gasteiger charge is 2.23. The summed E-state index contributed by atoms with van der Waals surface area (Å²) >= 11 is 0. The molecule has 2 heterocycles. The fourth-order valence-electron chi connectivity index (χ4n) is 2.38. The zero-order valence-corrected chi connectivity index (χ0v) is 11.8. The lowest BCUT2D eigenvalue weighted by Gasteiger charge is -2.25. The van der Waals surface area contributed by atoms with Crippen LogP contribution >= 0.6 is 0 Å². The van der Waals surface area contributed by atoms with E-state index in [9.17, 15) is 9.59 Å². The Morgan fingerprint density at radius 1 is 1.52 bits per heavy atom. The van der Waals surface area contributed by atoms with Crippen molar-refractivity contribution in [3.05, 3.63) is 45.9 Å². The van der Waals surface area contributed by atoms with Crippen LogP contribution in [0, 0.1) is 0 Å². The van der Waals surface area contributed by atoms with Crippen LogP contribution in [0.4, 0.5) is 0 Å². The van der Waals surface area contributed by atoms with Crippen LogP contribution in [0.5, 0.6) is 0 Å². The average molecular weight is 287 g/mol. The van der Waals surface area contributed by atoms with Crippen LogP contribution in [0.1, 0.15) is 46.9 Å². The third-order valence-electron chi connectivity index (χ3n) is 3.93. The molecule has 1 aliphatic carbocycles. The molecule has 7 heteroatoms. The highest BCUT2D eigenvalue weighted by molar-refractivity contribution is 5.91. The van der Waals surface area contributed by atoms with Crippen LogP contribution in [-0.4, -0.2) is 25.7 Å². The fraction of sp³-hybridized carbons (Fsp3) is 0.429. The lowest BCUT2D eigenvalue weighted by molar-refractivity contribution is 0.0944. The maximum atomic E-state index is 12.0. The summed E-state index contributed by atoms with van der Waals surface area (Å²) in [5, 5.41) is 9.76. The van der Waals surface area contributed by atoms with E-state index in [1.54, 1.807) is 7.05 Å². The van der Waals surface area contributed by atoms with E-state index < -0.39 is 0 Å². The number of nitrogens with one attached hydrogen (secondary N) is 2. The van der Waals surface area contributed by atoms with Crippen molar-refractivity contribution >= 4 is 5.91 Å². The molecule has 0 atom stereocenters. The zero-order valence-electron chi connectivity index (χ0n) is 11.8. The van der Waals surface area contributed by atoms with Gasteiger partial charge >= 0.3 is 0 Å². The van der Waals surface area contributed by atoms with Gasteiger partial charge in [0.2, 0.25) is 0 Å². The minimum atomic E-state index is -0.359. The van der Waals surface area contributed by atoms with E-state index in [2.05, 4.69) is 20.5 Å². The van der Waals surface area contributed by atoms with Gasteiger partial charge < -0.3 is 9.88 Å². The molecule has 21 heavy (non-hydrogen) atoms. The van der Waals surface area contributed by atoms with Crippen molar-refractivity contribution in [2.45, 2.75) is 31.7 Å². The first-order chi connectivity index (χ1) is 10.1. The molecule has 3 rings (SSSR count). The largest absolute Gasteiger partial charge is 0.345 e. The number of amides is 1. The molecule has 1 saturated carbocycles. The van der Waals surface area contributed by atoms with Gasteiger partial charge in [0.05, 0.1) is 24.8 Å². The van der Waals surface area contributed by atoms with Crippen LogP contribution < -0.4 is 10.9 Å². The van der Waals surface area contributed by atoms with Crippen molar-refractivity contribution < 1.29 is 4.79 Å². The molecule has 0 saturated heterocycles. The lowest BCUT2D eigenvalue weighted by Crippen LogP contribution is -2.28. The standard InChI is InChI=1S/C14H17N5O2/c1-19-8-16-11(5-13(19)20)14(21)15-7-12-10(6-17-18-12)9-3-2-4-9/h5-6,8-9H,2-4,7H2,1H3,(H,15,21)(H,17,18). The van der Waals surface area contributed by atoms with Crippen LogP contribution in [0.3, 0.4) is 0 Å². The first kappa shape index (κ1) is 13.5. The minimum Gasteiger partial charge on any atom is -0.345 e. The number of carbonyl (C=O) groups excluding carboxylic acids is 1. The number of H-pyrrole nitrogens is 1. The molecule has 2 aromatic heterocycles. The summed E-state index contributed by atoms with van der Waals surface area (Å²) < 4.78 is 1.32. The van der Waals surface area contributed by atoms with Gasteiger partial charge in [-0.3, -0.25) is 14.7 Å². The van der Waals surface area contributed by atoms with Gasteiger partial charge in [0, 0.05) is 13.1 Å². The van der Waals surface area contributed by atoms with E-state index in [1.807, 2.05) is 6.20 Å². The van der Waals surface area contributed by atoms with Gasteiger partial charge in [0.15, 0.2) is 0 Å². The van der Waals surface area contributed by atoms with Crippen LogP contribution in [0.25, 0.3) is 0 Å². The Morgan fingerprint density at radius 2 is 2.33 bits per heavy atom. The monoisotopic (exact) mass is 287 g/mol. The zero-order chi connectivity index (χ0) is 14.8. The van der Waals surface area contributed by atoms with Gasteiger partial charge in [-0.1, -0.05) is 6.42 Å². The van der Waals surface area contributed by atoms with Crippen molar-refractivity contribution in [1.82, 2.24) is 25.1 Å². The van der Waals surface area contributed by atoms with Gasteiger partial charge in [-0.25, -0.2) is 4.98 Å². The molecule has 0 spiro atoms. The smallest absolute Gasteiger partial charge is 0.270 e. The lowest BCUT2D eigenvalue weighted by atomic mass is 9.80. The first-order valence-corrected chi connectivity index (χ1v) is 6.98. The second-order valence-electron chi connectivity index (χ2n) is 5.34. The summed E-state index contributed by atoms with van der Waals surface area (Å²) in [5.41, 5.74) is 1.98. The summed E-state index contributed by atoms with van der Waals surface area (Å²) in [6.45, 7) is 0.363. The summed E-state index contributed by atoms with van der Waals surface area (Å²) in [5.74, 6) is 0.194. The SMILES string of the molecule is Cn1cnc(C(=O)NCc2[nH]ncc2C2CCC2)cc1=O. The predicted molar refractivity (Wildman–Crippen MR) is 75.8 cm³/mol. The van der Waals surface area contributed by atoms with E-state index in [0.29, 0.717) is 12.5 Å². The van der Waals surface area contributed by atoms with Crippen molar-refractivity contribution in [1.29, 1.82) is 0 Å². The van der Waals surface area contributed by atoms with Crippen molar-refractivity contribution in [2.75, 3.05) is 0 Å². The first-order valence-electron chi connectivity index (χ1n) is 6.98. The molecular weight excluding hydrogens is 270 g/mol. The summed E-state index contributed by atoms with van der Waals surface area (Å²) in [4.78, 5) is 27.5. The Morgan fingerprint density at radius 3 is 3.00 bits per heavy atom. The van der Waals surface area contributed by atoms with Gasteiger partial charge in [-0.05, 0) is 24.3 Å². The number of carbonyl (C=O) groups is 1. The molecule has 0 unspecified atom stereocenters. The molecule has 2 aromatic rings. The average Bonchev–Trinajstić information content (AvgIpc) is 2.85. The van der Waals surface area contributed by atoms with Gasteiger partial charge in [-0.2, -0.15) is 5.10 Å². The number of aryl methyl sites for hydroxylation is 1. The fourth-order valence-corrected chi connectivity index (χ4v) is 2.38. The number of hydrogen-bond donors (Lipinski definition) is 2. The normalized spacial score (nSPS) is 14.7. The molecule has 1 aliphatic rings. The van der Waals surface area contributed by atoms with Crippen molar-refractivity contribution in [3.63, 3.8) is 0 Å². The molecule has 1 fully saturated rings. The molecule has 0 aliphatic heterocycles. The molecule has 0 bridgehead atoms. The Balaban J connectivity index is 1.67. The third kappa shape index (κ3) is 2.72. The van der Waals surface area contributed by atoms with Crippen LogP contribution in [-0.2, 0) is 13.6 Å². The number of nitrogens with zero attached hydrogens (tertiary/aromatic N) is 3. The van der Waals surface area contributed by atoms with E-state index in [1.165, 1.54) is 41.8 Å². The van der Waals surface area contributed by atoms with E-state index in [4.69, 9.17) is 0 Å². The Labute approximate surface area is 121 Å². The second-order valence-corrected chi connectivity index (χ2v) is 5.34. The highest BCUT2D eigenvalue weighted by atomic mass is 16.2. The van der Waals surface area contributed by atoms with Gasteiger partial charge in [-0.15, -0.1) is 0 Å². The Kier molecular flexibility index (Phi) is 3.55. The molecule has 0 radical (unpaired) electrons. The predicted octanol–water partition coefficient (Wildman–Crippen LogP) is 0.701. The minimum absolute atomic E-state index is 0.128. The number of aromatic amines is 1. The van der Waals surface area contributed by atoms with Crippen molar-refractivity contribution in [2.24, 2.45) is 7.05 Å². The summed E-state index contributed by atoms with van der Waals surface area (Å²) in [6, 6.07) is 1.23. The topological polar surface area (TPSA) is 92.7 Å².